The van der Waals surface area contributed by atoms with E-state index in [9.17, 15) is 9.59 Å². The van der Waals surface area contributed by atoms with Crippen LogP contribution in [0, 0.1) is 0 Å². The van der Waals surface area contributed by atoms with Gasteiger partial charge in [0.15, 0.2) is 0 Å². The summed E-state index contributed by atoms with van der Waals surface area (Å²) < 4.78 is 0. The lowest BCUT2D eigenvalue weighted by molar-refractivity contribution is -0.137. The largest absolute Gasteiger partial charge is 0.275 e. The molecule has 2 amide bonds. The van der Waals surface area contributed by atoms with Crippen molar-refractivity contribution in [2.45, 2.75) is 110 Å². The minimum Gasteiger partial charge on any atom is -0.275 e. The lowest BCUT2D eigenvalue weighted by Crippen LogP contribution is -2.31. The molecule has 0 atom stereocenters. The number of nitrogens with zero attached hydrogens (tertiary/aromatic N) is 1. The first-order chi connectivity index (χ1) is 13.2. The molecule has 154 valence electrons. The molecule has 0 aliphatic carbocycles. The van der Waals surface area contributed by atoms with Crippen molar-refractivity contribution >= 4 is 11.8 Å². The van der Waals surface area contributed by atoms with Crippen molar-refractivity contribution in [3.63, 3.8) is 0 Å². The highest BCUT2D eigenvalue weighted by molar-refractivity contribution is 6.17. The van der Waals surface area contributed by atoms with Crippen LogP contribution >= 0.6 is 0 Å². The van der Waals surface area contributed by atoms with Crippen LogP contribution in [-0.2, 0) is 9.59 Å². The van der Waals surface area contributed by atoms with Crippen molar-refractivity contribution in [2.75, 3.05) is 6.54 Å². The smallest absolute Gasteiger partial charge is 0.260 e. The van der Waals surface area contributed by atoms with Crippen molar-refractivity contribution in [2.24, 2.45) is 0 Å². The Morgan fingerprint density at radius 3 is 1.52 bits per heavy atom. The van der Waals surface area contributed by atoms with Crippen molar-refractivity contribution in [1.29, 1.82) is 0 Å². The van der Waals surface area contributed by atoms with E-state index in [1.54, 1.807) is 0 Å². The minimum absolute atomic E-state index is 0.184. The zero-order valence-corrected chi connectivity index (χ0v) is 17.6. The predicted octanol–water partition coefficient (Wildman–Crippen LogP) is 6.73. The van der Waals surface area contributed by atoms with E-state index in [0.717, 1.165) is 12.8 Å². The molecule has 0 saturated carbocycles. The third-order valence-corrected chi connectivity index (χ3v) is 5.49. The van der Waals surface area contributed by atoms with Crippen molar-refractivity contribution < 1.29 is 9.59 Å². The summed E-state index contributed by atoms with van der Waals surface area (Å²) in [6.45, 7) is 6.39. The van der Waals surface area contributed by atoms with Gasteiger partial charge < -0.3 is 0 Å². The highest BCUT2D eigenvalue weighted by atomic mass is 16.2. The second-order valence-corrected chi connectivity index (χ2v) is 7.90. The van der Waals surface area contributed by atoms with E-state index in [1.165, 1.54) is 107 Å². The van der Waals surface area contributed by atoms with Crippen LogP contribution in [0.1, 0.15) is 110 Å². The van der Waals surface area contributed by atoms with Gasteiger partial charge in [-0.3, -0.25) is 14.5 Å². The first kappa shape index (κ1) is 23.7. The van der Waals surface area contributed by atoms with E-state index in [0.29, 0.717) is 12.1 Å². The average molecular weight is 376 g/mol. The number of imide groups is 1. The molecule has 0 spiro atoms. The van der Waals surface area contributed by atoms with Gasteiger partial charge in [-0.1, -0.05) is 116 Å². The summed E-state index contributed by atoms with van der Waals surface area (Å²) in [4.78, 5) is 25.0. The number of hydrogen-bond acceptors (Lipinski definition) is 2. The Kier molecular flexibility index (Phi) is 13.7. The maximum atomic E-state index is 11.9. The molecule has 27 heavy (non-hydrogen) atoms. The topological polar surface area (TPSA) is 37.4 Å². The van der Waals surface area contributed by atoms with Crippen LogP contribution < -0.4 is 0 Å². The van der Waals surface area contributed by atoms with E-state index in [2.05, 4.69) is 13.5 Å². The van der Waals surface area contributed by atoms with Crippen LogP contribution in [0.25, 0.3) is 0 Å². The summed E-state index contributed by atoms with van der Waals surface area (Å²) in [5.74, 6) is -0.369. The molecule has 0 aromatic rings. The SMILES string of the molecule is C=CC1=CC(=O)N(CCCCCCCCCCCCCCCCCC)C1=O. The van der Waals surface area contributed by atoms with Crippen LogP contribution in [0.3, 0.4) is 0 Å². The second kappa shape index (κ2) is 15.7. The number of carbonyl (C=O) groups is 2. The van der Waals surface area contributed by atoms with Gasteiger partial charge in [-0.2, -0.15) is 0 Å². The number of rotatable bonds is 18. The molecule has 1 aliphatic rings. The van der Waals surface area contributed by atoms with Gasteiger partial charge in [-0.15, -0.1) is 0 Å². The fourth-order valence-corrected chi connectivity index (χ4v) is 3.70. The number of amides is 2. The van der Waals surface area contributed by atoms with E-state index in [4.69, 9.17) is 0 Å². The zero-order valence-electron chi connectivity index (χ0n) is 17.6. The summed E-state index contributed by atoms with van der Waals surface area (Å²) in [7, 11) is 0. The molecule has 0 unspecified atom stereocenters. The molecule has 1 aliphatic heterocycles. The van der Waals surface area contributed by atoms with Gasteiger partial charge in [0.2, 0.25) is 0 Å². The van der Waals surface area contributed by atoms with E-state index in [-0.39, 0.29) is 11.8 Å². The van der Waals surface area contributed by atoms with Crippen LogP contribution in [0.4, 0.5) is 0 Å². The second-order valence-electron chi connectivity index (χ2n) is 7.90. The molecule has 0 bridgehead atoms. The van der Waals surface area contributed by atoms with Gasteiger partial charge in [0.05, 0.1) is 0 Å². The Hall–Kier alpha value is -1.38. The molecule has 3 heteroatoms. The molecular formula is C24H41NO2. The van der Waals surface area contributed by atoms with Crippen molar-refractivity contribution in [3.8, 4) is 0 Å². The molecule has 1 heterocycles. The van der Waals surface area contributed by atoms with Crippen molar-refractivity contribution in [3.05, 3.63) is 24.3 Å². The average Bonchev–Trinajstić information content (AvgIpc) is 2.95. The predicted molar refractivity (Wildman–Crippen MR) is 115 cm³/mol. The molecule has 0 N–H and O–H groups in total. The third kappa shape index (κ3) is 10.5. The molecule has 3 nitrogen and oxygen atoms in total. The molecule has 0 radical (unpaired) electrons. The van der Waals surface area contributed by atoms with Crippen LogP contribution in [-0.4, -0.2) is 23.3 Å². The zero-order chi connectivity index (χ0) is 19.7. The molecule has 0 fully saturated rings. The van der Waals surface area contributed by atoms with Crippen LogP contribution in [0.5, 0.6) is 0 Å². The quantitative estimate of drug-likeness (QED) is 0.197. The van der Waals surface area contributed by atoms with Gasteiger partial charge in [0, 0.05) is 18.2 Å². The van der Waals surface area contributed by atoms with E-state index < -0.39 is 0 Å². The number of carbonyl (C=O) groups excluding carboxylic acids is 2. The highest BCUT2D eigenvalue weighted by Gasteiger charge is 2.28. The van der Waals surface area contributed by atoms with Gasteiger partial charge in [0.1, 0.15) is 0 Å². The molecule has 0 aromatic carbocycles. The normalized spacial score (nSPS) is 14.1. The lowest BCUT2D eigenvalue weighted by Gasteiger charge is -2.13. The van der Waals surface area contributed by atoms with Crippen LogP contribution in [0.15, 0.2) is 24.3 Å². The minimum atomic E-state index is -0.184. The highest BCUT2D eigenvalue weighted by Crippen LogP contribution is 2.16. The fourth-order valence-electron chi connectivity index (χ4n) is 3.70. The monoisotopic (exact) mass is 375 g/mol. The summed E-state index contributed by atoms with van der Waals surface area (Å²) in [6, 6.07) is 0. The van der Waals surface area contributed by atoms with Gasteiger partial charge >= 0.3 is 0 Å². The first-order valence-corrected chi connectivity index (χ1v) is 11.4. The molecule has 0 aromatic heterocycles. The Labute approximate surface area is 167 Å². The lowest BCUT2D eigenvalue weighted by atomic mass is 10.0. The fraction of sp³-hybridized carbons (Fsp3) is 0.750. The maximum absolute atomic E-state index is 11.9. The summed E-state index contributed by atoms with van der Waals surface area (Å²) >= 11 is 0. The Bertz CT molecular complexity index is 467. The van der Waals surface area contributed by atoms with Gasteiger partial charge in [0.25, 0.3) is 11.8 Å². The molecule has 1 rings (SSSR count). The number of hydrogen-bond donors (Lipinski definition) is 0. The molecule has 0 saturated heterocycles. The summed E-state index contributed by atoms with van der Waals surface area (Å²) in [6.07, 6.45) is 24.1. The summed E-state index contributed by atoms with van der Waals surface area (Å²) in [5.41, 5.74) is 0.427. The summed E-state index contributed by atoms with van der Waals surface area (Å²) in [5, 5.41) is 0. The Balaban J connectivity index is 1.82. The van der Waals surface area contributed by atoms with Gasteiger partial charge in [-0.05, 0) is 6.42 Å². The maximum Gasteiger partial charge on any atom is 0.260 e. The Morgan fingerprint density at radius 2 is 1.15 bits per heavy atom. The van der Waals surface area contributed by atoms with E-state index >= 15 is 0 Å². The van der Waals surface area contributed by atoms with Gasteiger partial charge in [-0.25, -0.2) is 0 Å². The first-order valence-electron chi connectivity index (χ1n) is 11.4. The van der Waals surface area contributed by atoms with Crippen molar-refractivity contribution in [1.82, 2.24) is 4.90 Å². The standard InChI is InChI=1S/C24H41NO2/c1-3-5-6-7-8-9-10-11-12-13-14-15-16-17-18-19-20-25-23(26)21-22(4-2)24(25)27/h4,21H,2-3,5-20H2,1H3. The van der Waals surface area contributed by atoms with E-state index in [1.807, 2.05) is 0 Å². The molecular weight excluding hydrogens is 334 g/mol. The number of unbranched alkanes of at least 4 members (excludes halogenated alkanes) is 15. The third-order valence-electron chi connectivity index (χ3n) is 5.49. The van der Waals surface area contributed by atoms with Crippen LogP contribution in [0.2, 0.25) is 0 Å². The Morgan fingerprint density at radius 1 is 0.741 bits per heavy atom.